The van der Waals surface area contributed by atoms with Crippen LogP contribution in [0.5, 0.6) is 0 Å². The number of nitrogens with two attached hydrogens (primary N) is 1. The van der Waals surface area contributed by atoms with Crippen LogP contribution in [-0.2, 0) is 0 Å². The third-order valence-corrected chi connectivity index (χ3v) is 2.41. The van der Waals surface area contributed by atoms with Gasteiger partial charge in [-0.1, -0.05) is 0 Å². The van der Waals surface area contributed by atoms with E-state index in [1.807, 2.05) is 19.0 Å². The maximum absolute atomic E-state index is 10.1. The molecule has 0 fully saturated rings. The Bertz CT molecular complexity index is 363. The fourth-order valence-electron chi connectivity index (χ4n) is 1.52. The SMILES string of the molecule is CN(C)CC(C)(O)CNc1nc(N)cc(Br)n1. The third kappa shape index (κ3) is 5.29. The van der Waals surface area contributed by atoms with Gasteiger partial charge in [0.15, 0.2) is 0 Å². The first-order valence-electron chi connectivity index (χ1n) is 5.19. The first kappa shape index (κ1) is 14.1. The molecule has 7 heteroatoms. The van der Waals surface area contributed by atoms with Gasteiger partial charge in [-0.25, -0.2) is 4.98 Å². The summed E-state index contributed by atoms with van der Waals surface area (Å²) in [5, 5.41) is 13.0. The normalized spacial score (nSPS) is 14.7. The van der Waals surface area contributed by atoms with Crippen molar-refractivity contribution in [3.8, 4) is 0 Å². The van der Waals surface area contributed by atoms with E-state index in [0.717, 1.165) is 0 Å². The smallest absolute Gasteiger partial charge is 0.225 e. The summed E-state index contributed by atoms with van der Waals surface area (Å²) in [6.45, 7) is 2.64. The van der Waals surface area contributed by atoms with Gasteiger partial charge in [0, 0.05) is 19.2 Å². The number of nitrogens with one attached hydrogen (secondary N) is 1. The van der Waals surface area contributed by atoms with Crippen molar-refractivity contribution in [2.75, 3.05) is 38.2 Å². The lowest BCUT2D eigenvalue weighted by Gasteiger charge is -2.27. The summed E-state index contributed by atoms with van der Waals surface area (Å²) in [4.78, 5) is 10.0. The third-order valence-electron chi connectivity index (χ3n) is 2.00. The first-order valence-corrected chi connectivity index (χ1v) is 5.99. The highest BCUT2D eigenvalue weighted by molar-refractivity contribution is 9.10. The van der Waals surface area contributed by atoms with Crippen LogP contribution in [0, 0.1) is 0 Å². The second-order valence-electron chi connectivity index (χ2n) is 4.53. The van der Waals surface area contributed by atoms with Crippen LogP contribution in [0.1, 0.15) is 6.92 Å². The Balaban J connectivity index is 2.60. The van der Waals surface area contributed by atoms with Crippen LogP contribution >= 0.6 is 15.9 Å². The van der Waals surface area contributed by atoms with Gasteiger partial charge in [-0.3, -0.25) is 0 Å². The van der Waals surface area contributed by atoms with E-state index in [2.05, 4.69) is 31.2 Å². The Morgan fingerprint density at radius 3 is 2.71 bits per heavy atom. The predicted molar refractivity (Wildman–Crippen MR) is 71.8 cm³/mol. The second kappa shape index (κ2) is 5.61. The molecule has 0 saturated carbocycles. The highest BCUT2D eigenvalue weighted by Crippen LogP contribution is 2.13. The van der Waals surface area contributed by atoms with Gasteiger partial charge in [0.25, 0.3) is 0 Å². The zero-order valence-corrected chi connectivity index (χ0v) is 11.8. The predicted octanol–water partition coefficient (Wildman–Crippen LogP) is 0.546. The van der Waals surface area contributed by atoms with Crippen LogP contribution in [-0.4, -0.2) is 52.8 Å². The fraction of sp³-hybridized carbons (Fsp3) is 0.600. The van der Waals surface area contributed by atoms with E-state index in [0.29, 0.717) is 29.5 Å². The summed E-state index contributed by atoms with van der Waals surface area (Å²) in [7, 11) is 3.81. The average molecular weight is 304 g/mol. The monoisotopic (exact) mass is 303 g/mol. The molecule has 0 amide bonds. The molecule has 0 aliphatic heterocycles. The molecule has 0 radical (unpaired) electrons. The van der Waals surface area contributed by atoms with Crippen molar-refractivity contribution in [3.05, 3.63) is 10.7 Å². The highest BCUT2D eigenvalue weighted by Gasteiger charge is 2.21. The minimum Gasteiger partial charge on any atom is -0.387 e. The maximum Gasteiger partial charge on any atom is 0.225 e. The Labute approximate surface area is 109 Å². The summed E-state index contributed by atoms with van der Waals surface area (Å²) in [6, 6.07) is 1.61. The molecule has 1 aromatic rings. The Kier molecular flexibility index (Phi) is 4.67. The highest BCUT2D eigenvalue weighted by atomic mass is 79.9. The minimum absolute atomic E-state index is 0.348. The number of nitrogen functional groups attached to an aromatic ring is 1. The van der Waals surface area contributed by atoms with Crippen molar-refractivity contribution in [1.82, 2.24) is 14.9 Å². The summed E-state index contributed by atoms with van der Waals surface area (Å²) in [5.74, 6) is 0.775. The number of likely N-dealkylation sites (N-methyl/N-ethyl adjacent to an activating group) is 1. The van der Waals surface area contributed by atoms with E-state index < -0.39 is 5.60 Å². The number of halogens is 1. The summed E-state index contributed by atoms with van der Waals surface area (Å²) in [6.07, 6.45) is 0. The van der Waals surface area contributed by atoms with E-state index in [9.17, 15) is 5.11 Å². The van der Waals surface area contributed by atoms with Crippen molar-refractivity contribution in [2.45, 2.75) is 12.5 Å². The molecule has 0 aromatic carbocycles. The van der Waals surface area contributed by atoms with Gasteiger partial charge in [0.05, 0.1) is 5.60 Å². The van der Waals surface area contributed by atoms with Gasteiger partial charge < -0.3 is 21.1 Å². The van der Waals surface area contributed by atoms with E-state index in [-0.39, 0.29) is 0 Å². The zero-order valence-electron chi connectivity index (χ0n) is 10.2. The number of hydrogen-bond acceptors (Lipinski definition) is 6. The van der Waals surface area contributed by atoms with Crippen LogP contribution in [0.15, 0.2) is 10.7 Å². The molecule has 6 nitrogen and oxygen atoms in total. The molecular formula is C10H18BrN5O. The molecule has 1 rings (SSSR count). The van der Waals surface area contributed by atoms with Crippen molar-refractivity contribution in [3.63, 3.8) is 0 Å². The molecule has 4 N–H and O–H groups in total. The topological polar surface area (TPSA) is 87.3 Å². The van der Waals surface area contributed by atoms with E-state index >= 15 is 0 Å². The summed E-state index contributed by atoms with van der Waals surface area (Å²) >= 11 is 3.23. The quantitative estimate of drug-likeness (QED) is 0.689. The maximum atomic E-state index is 10.1. The zero-order chi connectivity index (χ0) is 13.1. The number of aromatic nitrogens is 2. The van der Waals surface area contributed by atoms with Crippen LogP contribution < -0.4 is 11.1 Å². The summed E-state index contributed by atoms with van der Waals surface area (Å²) in [5.41, 5.74) is 4.73. The van der Waals surface area contributed by atoms with Crippen molar-refractivity contribution in [2.24, 2.45) is 0 Å². The molecule has 1 aromatic heterocycles. The molecule has 0 aliphatic rings. The molecule has 17 heavy (non-hydrogen) atoms. The van der Waals surface area contributed by atoms with Crippen molar-refractivity contribution >= 4 is 27.7 Å². The molecule has 0 spiro atoms. The van der Waals surface area contributed by atoms with E-state index in [1.165, 1.54) is 0 Å². The molecule has 0 bridgehead atoms. The molecule has 1 atom stereocenters. The first-order chi connectivity index (χ1) is 7.78. The van der Waals surface area contributed by atoms with Gasteiger partial charge in [-0.05, 0) is 36.9 Å². The number of hydrogen-bond donors (Lipinski definition) is 3. The summed E-state index contributed by atoms with van der Waals surface area (Å²) < 4.78 is 0.611. The van der Waals surface area contributed by atoms with Crippen LogP contribution in [0.4, 0.5) is 11.8 Å². The van der Waals surface area contributed by atoms with Crippen molar-refractivity contribution < 1.29 is 5.11 Å². The lowest BCUT2D eigenvalue weighted by molar-refractivity contribution is 0.0458. The van der Waals surface area contributed by atoms with Gasteiger partial charge in [0.1, 0.15) is 10.4 Å². The van der Waals surface area contributed by atoms with Crippen molar-refractivity contribution in [1.29, 1.82) is 0 Å². The standard InChI is InChI=1S/C10H18BrN5O/c1-10(17,6-16(2)3)5-13-9-14-7(11)4-8(12)15-9/h4,17H,5-6H2,1-3H3,(H3,12,13,14,15). The van der Waals surface area contributed by atoms with Crippen LogP contribution in [0.25, 0.3) is 0 Å². The minimum atomic E-state index is -0.857. The van der Waals surface area contributed by atoms with Crippen LogP contribution in [0.2, 0.25) is 0 Å². The van der Waals surface area contributed by atoms with E-state index in [1.54, 1.807) is 13.0 Å². The average Bonchev–Trinajstić information content (AvgIpc) is 2.11. The largest absolute Gasteiger partial charge is 0.387 e. The fourth-order valence-corrected chi connectivity index (χ4v) is 1.92. The Hall–Kier alpha value is -0.920. The number of rotatable bonds is 5. The van der Waals surface area contributed by atoms with E-state index in [4.69, 9.17) is 5.73 Å². The van der Waals surface area contributed by atoms with Gasteiger partial charge in [-0.2, -0.15) is 4.98 Å². The molecule has 96 valence electrons. The lowest BCUT2D eigenvalue weighted by atomic mass is 10.1. The number of nitrogens with zero attached hydrogens (tertiary/aromatic N) is 3. The second-order valence-corrected chi connectivity index (χ2v) is 5.34. The molecule has 1 unspecified atom stereocenters. The molecule has 1 heterocycles. The van der Waals surface area contributed by atoms with Gasteiger partial charge in [0.2, 0.25) is 5.95 Å². The van der Waals surface area contributed by atoms with Gasteiger partial charge in [-0.15, -0.1) is 0 Å². The van der Waals surface area contributed by atoms with Crippen LogP contribution in [0.3, 0.4) is 0 Å². The lowest BCUT2D eigenvalue weighted by Crippen LogP contribution is -2.43. The number of anilines is 2. The molecule has 0 aliphatic carbocycles. The Morgan fingerprint density at radius 2 is 2.18 bits per heavy atom. The number of aliphatic hydroxyl groups is 1. The Morgan fingerprint density at radius 1 is 1.53 bits per heavy atom. The van der Waals surface area contributed by atoms with Gasteiger partial charge >= 0.3 is 0 Å². The molecule has 0 saturated heterocycles. The molecular weight excluding hydrogens is 286 g/mol.